The average molecular weight is 255 g/mol. The van der Waals surface area contributed by atoms with Gasteiger partial charge < -0.3 is 0 Å². The molecule has 0 radical (unpaired) electrons. The number of sulfonamides is 1. The van der Waals surface area contributed by atoms with Crippen molar-refractivity contribution in [3.8, 4) is 0 Å². The molecule has 0 spiro atoms. The summed E-state index contributed by atoms with van der Waals surface area (Å²) in [5.74, 6) is 0. The Labute approximate surface area is 105 Å². The molecule has 1 aromatic rings. The molecule has 0 aliphatic rings. The van der Waals surface area contributed by atoms with E-state index in [1.165, 1.54) is 4.31 Å². The van der Waals surface area contributed by atoms with E-state index in [0.717, 1.165) is 18.4 Å². The monoisotopic (exact) mass is 255 g/mol. The predicted molar refractivity (Wildman–Crippen MR) is 71.3 cm³/mol. The Hall–Kier alpha value is -0.870. The van der Waals surface area contributed by atoms with E-state index in [2.05, 4.69) is 6.92 Å². The van der Waals surface area contributed by atoms with Gasteiger partial charge in [-0.15, -0.1) is 0 Å². The third kappa shape index (κ3) is 3.54. The first-order valence-corrected chi connectivity index (χ1v) is 7.46. The summed E-state index contributed by atoms with van der Waals surface area (Å²) in [4.78, 5) is 0. The van der Waals surface area contributed by atoms with Crippen LogP contribution in [0.1, 0.15) is 37.0 Å². The van der Waals surface area contributed by atoms with E-state index in [-0.39, 0.29) is 0 Å². The zero-order valence-corrected chi connectivity index (χ0v) is 11.6. The molecular formula is C13H21NO2S. The molecule has 17 heavy (non-hydrogen) atoms. The van der Waals surface area contributed by atoms with E-state index in [0.29, 0.717) is 6.42 Å². The van der Waals surface area contributed by atoms with E-state index >= 15 is 0 Å². The van der Waals surface area contributed by atoms with Gasteiger partial charge in [0.05, 0.1) is 0 Å². The summed E-state index contributed by atoms with van der Waals surface area (Å²) in [6, 6.07) is 9.46. The second kappa shape index (κ2) is 6.17. The minimum absolute atomic E-state index is 0.418. The normalized spacial score (nSPS) is 13.9. The van der Waals surface area contributed by atoms with Crippen molar-refractivity contribution in [1.82, 2.24) is 4.31 Å². The van der Waals surface area contributed by atoms with Crippen molar-refractivity contribution in [2.45, 2.75) is 31.4 Å². The van der Waals surface area contributed by atoms with Crippen LogP contribution in [-0.2, 0) is 10.0 Å². The minimum Gasteiger partial charge on any atom is -0.212 e. The summed E-state index contributed by atoms with van der Waals surface area (Å²) in [5.41, 5.74) is 0.884. The molecule has 0 aromatic heterocycles. The summed E-state index contributed by atoms with van der Waals surface area (Å²) >= 11 is 0. The van der Waals surface area contributed by atoms with E-state index in [1.54, 1.807) is 14.1 Å². The van der Waals surface area contributed by atoms with Crippen LogP contribution in [0.5, 0.6) is 0 Å². The number of benzene rings is 1. The summed E-state index contributed by atoms with van der Waals surface area (Å²) in [5, 5.41) is -0.418. The second-order valence-electron chi connectivity index (χ2n) is 4.37. The Balaban J connectivity index is 3.05. The zero-order valence-electron chi connectivity index (χ0n) is 10.8. The van der Waals surface area contributed by atoms with Crippen molar-refractivity contribution in [2.75, 3.05) is 14.1 Å². The lowest BCUT2D eigenvalue weighted by molar-refractivity contribution is 0.498. The summed E-state index contributed by atoms with van der Waals surface area (Å²) in [6.45, 7) is 2.07. The van der Waals surface area contributed by atoms with Crippen LogP contribution in [0.4, 0.5) is 0 Å². The van der Waals surface area contributed by atoms with Crippen LogP contribution in [0.3, 0.4) is 0 Å². The average Bonchev–Trinajstić information content (AvgIpc) is 2.30. The first-order valence-electron chi connectivity index (χ1n) is 5.96. The maximum Gasteiger partial charge on any atom is 0.220 e. The Morgan fingerprint density at radius 3 is 2.24 bits per heavy atom. The fraction of sp³-hybridized carbons (Fsp3) is 0.538. The molecule has 0 saturated heterocycles. The molecule has 4 heteroatoms. The van der Waals surface area contributed by atoms with Gasteiger partial charge in [-0.1, -0.05) is 50.1 Å². The molecule has 0 bridgehead atoms. The predicted octanol–water partition coefficient (Wildman–Crippen LogP) is 2.81. The van der Waals surface area contributed by atoms with Crippen molar-refractivity contribution in [2.24, 2.45) is 0 Å². The first-order chi connectivity index (χ1) is 8.00. The van der Waals surface area contributed by atoms with Crippen molar-refractivity contribution < 1.29 is 8.42 Å². The van der Waals surface area contributed by atoms with E-state index in [4.69, 9.17) is 0 Å². The van der Waals surface area contributed by atoms with Crippen LogP contribution < -0.4 is 0 Å². The largest absolute Gasteiger partial charge is 0.220 e. The fourth-order valence-electron chi connectivity index (χ4n) is 1.80. The third-order valence-corrected chi connectivity index (χ3v) is 5.10. The Morgan fingerprint density at radius 2 is 1.76 bits per heavy atom. The molecule has 0 heterocycles. The van der Waals surface area contributed by atoms with Gasteiger partial charge in [0.25, 0.3) is 0 Å². The number of hydrogen-bond acceptors (Lipinski definition) is 2. The van der Waals surface area contributed by atoms with Gasteiger partial charge >= 0.3 is 0 Å². The lowest BCUT2D eigenvalue weighted by Gasteiger charge is -2.22. The molecule has 0 aliphatic heterocycles. The Kier molecular flexibility index (Phi) is 5.15. The maximum absolute atomic E-state index is 12.3. The number of rotatable bonds is 6. The highest BCUT2D eigenvalue weighted by Crippen LogP contribution is 2.29. The quantitative estimate of drug-likeness (QED) is 0.784. The van der Waals surface area contributed by atoms with Crippen molar-refractivity contribution >= 4 is 10.0 Å². The fourth-order valence-corrected chi connectivity index (χ4v) is 3.27. The van der Waals surface area contributed by atoms with Crippen molar-refractivity contribution in [3.05, 3.63) is 35.9 Å². The molecule has 3 nitrogen and oxygen atoms in total. The van der Waals surface area contributed by atoms with E-state index in [9.17, 15) is 8.42 Å². The number of nitrogens with zero attached hydrogens (tertiary/aromatic N) is 1. The van der Waals surface area contributed by atoms with Gasteiger partial charge in [0, 0.05) is 14.1 Å². The van der Waals surface area contributed by atoms with Crippen molar-refractivity contribution in [3.63, 3.8) is 0 Å². The van der Waals surface area contributed by atoms with Crippen molar-refractivity contribution in [1.29, 1.82) is 0 Å². The number of unbranched alkanes of at least 4 members (excludes halogenated alkanes) is 1. The molecule has 1 aromatic carbocycles. The standard InChI is InChI=1S/C13H21NO2S/c1-4-5-11-13(17(15,16)14(2)3)12-9-7-6-8-10-12/h6-10,13H,4-5,11H2,1-3H3/t13-/m0/s1. The van der Waals surface area contributed by atoms with Gasteiger partial charge in [-0.3, -0.25) is 0 Å². The van der Waals surface area contributed by atoms with Crippen LogP contribution >= 0.6 is 0 Å². The zero-order chi connectivity index (χ0) is 12.9. The molecule has 0 unspecified atom stereocenters. The summed E-state index contributed by atoms with van der Waals surface area (Å²) in [7, 11) is -0.0420. The van der Waals surface area contributed by atoms with Crippen LogP contribution in [0.25, 0.3) is 0 Å². The highest BCUT2D eigenvalue weighted by molar-refractivity contribution is 7.89. The van der Waals surface area contributed by atoms with Gasteiger partial charge in [0.15, 0.2) is 0 Å². The maximum atomic E-state index is 12.3. The van der Waals surface area contributed by atoms with Crippen LogP contribution in [0, 0.1) is 0 Å². The molecule has 96 valence electrons. The van der Waals surface area contributed by atoms with Gasteiger partial charge in [0.1, 0.15) is 5.25 Å². The Bertz CT molecular complexity index is 426. The molecular weight excluding hydrogens is 234 g/mol. The minimum atomic E-state index is -3.23. The SMILES string of the molecule is CCCC[C@@H](c1ccccc1)S(=O)(=O)N(C)C. The molecule has 1 atom stereocenters. The molecule has 0 fully saturated rings. The van der Waals surface area contributed by atoms with E-state index in [1.807, 2.05) is 30.3 Å². The van der Waals surface area contributed by atoms with E-state index < -0.39 is 15.3 Å². The Morgan fingerprint density at radius 1 is 1.18 bits per heavy atom. The first kappa shape index (κ1) is 14.2. The van der Waals surface area contributed by atoms with Gasteiger partial charge in [-0.2, -0.15) is 0 Å². The van der Waals surface area contributed by atoms with Gasteiger partial charge in [-0.25, -0.2) is 12.7 Å². The highest BCUT2D eigenvalue weighted by Gasteiger charge is 2.28. The van der Waals surface area contributed by atoms with Crippen LogP contribution in [0.15, 0.2) is 30.3 Å². The van der Waals surface area contributed by atoms with Gasteiger partial charge in [-0.05, 0) is 12.0 Å². The van der Waals surface area contributed by atoms with Crippen LogP contribution in [-0.4, -0.2) is 26.8 Å². The highest BCUT2D eigenvalue weighted by atomic mass is 32.2. The summed E-state index contributed by atoms with van der Waals surface area (Å²) < 4.78 is 25.8. The second-order valence-corrected chi connectivity index (χ2v) is 6.70. The van der Waals surface area contributed by atoms with Gasteiger partial charge in [0.2, 0.25) is 10.0 Å². The topological polar surface area (TPSA) is 37.4 Å². The molecule has 0 aliphatic carbocycles. The lowest BCUT2D eigenvalue weighted by atomic mass is 10.1. The summed E-state index contributed by atoms with van der Waals surface area (Å²) in [6.07, 6.45) is 2.61. The molecule has 0 amide bonds. The smallest absolute Gasteiger partial charge is 0.212 e. The number of hydrogen-bond donors (Lipinski definition) is 0. The molecule has 1 rings (SSSR count). The molecule has 0 saturated carbocycles. The van der Waals surface area contributed by atoms with Crippen LogP contribution in [0.2, 0.25) is 0 Å². The molecule has 0 N–H and O–H groups in total. The lowest BCUT2D eigenvalue weighted by Crippen LogP contribution is -2.28. The third-order valence-electron chi connectivity index (χ3n) is 2.86.